The highest BCUT2D eigenvalue weighted by Crippen LogP contribution is 2.53. The number of para-hydroxylation sites is 1. The number of ether oxygens (including phenoxy) is 1. The summed E-state index contributed by atoms with van der Waals surface area (Å²) < 4.78 is 6.07. The van der Waals surface area contributed by atoms with Gasteiger partial charge >= 0.3 is 5.97 Å². The van der Waals surface area contributed by atoms with E-state index >= 15 is 0 Å². The van der Waals surface area contributed by atoms with Crippen LogP contribution in [0.5, 0.6) is 0 Å². The molecule has 0 N–H and O–H groups in total. The zero-order chi connectivity index (χ0) is 21.7. The molecule has 2 aliphatic carbocycles. The molecule has 2 fully saturated rings. The average Bonchev–Trinajstić information content (AvgIpc) is 3.46. The van der Waals surface area contributed by atoms with Crippen molar-refractivity contribution >= 4 is 45.2 Å². The molecule has 6 nitrogen and oxygen atoms in total. The molecule has 1 saturated heterocycles. The highest BCUT2D eigenvalue weighted by atomic mass is 79.9. The lowest BCUT2D eigenvalue weighted by Crippen LogP contribution is -2.34. The Morgan fingerprint density at radius 1 is 0.935 bits per heavy atom. The molecule has 2 aromatic rings. The molecule has 1 heterocycles. The van der Waals surface area contributed by atoms with E-state index in [1.165, 1.54) is 6.07 Å². The third-order valence-corrected chi connectivity index (χ3v) is 6.86. The fourth-order valence-electron chi connectivity index (χ4n) is 4.91. The van der Waals surface area contributed by atoms with Crippen LogP contribution < -0.4 is 4.90 Å². The Labute approximate surface area is 187 Å². The second-order valence-electron chi connectivity index (χ2n) is 8.04. The number of amides is 2. The number of nitrogens with zero attached hydrogens (tertiary/aromatic N) is 1. The highest BCUT2D eigenvalue weighted by Gasteiger charge is 2.59. The van der Waals surface area contributed by atoms with Gasteiger partial charge in [-0.3, -0.25) is 14.4 Å². The Hall–Kier alpha value is -3.06. The second-order valence-corrected chi connectivity index (χ2v) is 8.95. The minimum Gasteiger partial charge on any atom is -0.454 e. The van der Waals surface area contributed by atoms with E-state index in [4.69, 9.17) is 4.74 Å². The molecule has 0 spiro atoms. The van der Waals surface area contributed by atoms with E-state index in [9.17, 15) is 19.2 Å². The topological polar surface area (TPSA) is 80.8 Å². The van der Waals surface area contributed by atoms with Gasteiger partial charge in [0.15, 0.2) is 12.4 Å². The Morgan fingerprint density at radius 3 is 2.19 bits per heavy atom. The summed E-state index contributed by atoms with van der Waals surface area (Å²) in [6, 6.07) is 13.1. The Morgan fingerprint density at radius 2 is 1.55 bits per heavy atom. The van der Waals surface area contributed by atoms with Crippen molar-refractivity contribution in [1.29, 1.82) is 0 Å². The van der Waals surface area contributed by atoms with Crippen molar-refractivity contribution < 1.29 is 23.9 Å². The molecular weight excluding hydrogens is 462 g/mol. The Bertz CT molecular complexity index is 1110. The van der Waals surface area contributed by atoms with Crippen LogP contribution in [0.4, 0.5) is 5.69 Å². The lowest BCUT2D eigenvalue weighted by molar-refractivity contribution is -0.123. The maximum atomic E-state index is 13.1. The smallest absolute Gasteiger partial charge is 0.340 e. The van der Waals surface area contributed by atoms with Crippen LogP contribution in [0, 0.1) is 23.7 Å². The van der Waals surface area contributed by atoms with Crippen molar-refractivity contribution in [2.24, 2.45) is 23.7 Å². The summed E-state index contributed by atoms with van der Waals surface area (Å²) in [4.78, 5) is 52.4. The first-order valence-corrected chi connectivity index (χ1v) is 10.9. The van der Waals surface area contributed by atoms with Crippen LogP contribution in [-0.4, -0.2) is 30.2 Å². The summed E-state index contributed by atoms with van der Waals surface area (Å²) in [5.41, 5.74) is 0.727. The van der Waals surface area contributed by atoms with Crippen molar-refractivity contribution in [1.82, 2.24) is 0 Å². The first kappa shape index (κ1) is 19.9. The molecule has 1 aliphatic heterocycles. The van der Waals surface area contributed by atoms with E-state index in [1.807, 2.05) is 12.2 Å². The fraction of sp³-hybridized carbons (Fsp3) is 0.250. The summed E-state index contributed by atoms with van der Waals surface area (Å²) >= 11 is 3.31. The third kappa shape index (κ3) is 3.24. The standard InChI is InChI=1S/C24H18BrNO5/c25-16-9-7-13(8-10-16)19(27)12-31-24(30)17-3-1-2-4-18(17)26-22(28)20-14-5-6-15(11-14)21(20)23(26)29/h1-10,14-15,20-21H,11-12H2/t14-,15-,20-,21+/m0/s1. The second kappa shape index (κ2) is 7.57. The number of esters is 1. The number of hydrogen-bond acceptors (Lipinski definition) is 5. The van der Waals surface area contributed by atoms with Crippen LogP contribution in [0.3, 0.4) is 0 Å². The van der Waals surface area contributed by atoms with Crippen LogP contribution in [0.15, 0.2) is 65.2 Å². The third-order valence-electron chi connectivity index (χ3n) is 6.34. The number of imide groups is 1. The van der Waals surface area contributed by atoms with Crippen LogP contribution >= 0.6 is 15.9 Å². The van der Waals surface area contributed by atoms with Crippen LogP contribution in [0.2, 0.25) is 0 Å². The molecule has 156 valence electrons. The van der Waals surface area contributed by atoms with Gasteiger partial charge in [-0.15, -0.1) is 0 Å². The molecule has 5 rings (SSSR count). The van der Waals surface area contributed by atoms with Crippen LogP contribution in [-0.2, 0) is 14.3 Å². The summed E-state index contributed by atoms with van der Waals surface area (Å²) in [5.74, 6) is -2.17. The molecule has 0 aromatic heterocycles. The number of benzene rings is 2. The van der Waals surface area contributed by atoms with Crippen molar-refractivity contribution in [3.63, 3.8) is 0 Å². The number of carbonyl (C=O) groups is 4. The molecular formula is C24H18BrNO5. The van der Waals surface area contributed by atoms with Gasteiger partial charge in [0.05, 0.1) is 23.1 Å². The molecule has 0 radical (unpaired) electrons. The first-order valence-electron chi connectivity index (χ1n) is 10.1. The summed E-state index contributed by atoms with van der Waals surface area (Å²) in [5, 5.41) is 0. The molecule has 2 aromatic carbocycles. The minimum absolute atomic E-state index is 0.0825. The lowest BCUT2D eigenvalue weighted by Gasteiger charge is -2.19. The largest absolute Gasteiger partial charge is 0.454 e. The minimum atomic E-state index is -0.750. The molecule has 1 saturated carbocycles. The van der Waals surface area contributed by atoms with Crippen molar-refractivity contribution in [3.8, 4) is 0 Å². The van der Waals surface area contributed by atoms with Crippen molar-refractivity contribution in [3.05, 3.63) is 76.3 Å². The zero-order valence-electron chi connectivity index (χ0n) is 16.4. The summed E-state index contributed by atoms with van der Waals surface area (Å²) in [6.07, 6.45) is 4.88. The number of ketones is 1. The normalized spacial score (nSPS) is 25.8. The molecule has 2 amide bonds. The molecule has 3 aliphatic rings. The predicted molar refractivity (Wildman–Crippen MR) is 115 cm³/mol. The van der Waals surface area contributed by atoms with Crippen LogP contribution in [0.1, 0.15) is 27.1 Å². The van der Waals surface area contributed by atoms with Gasteiger partial charge in [-0.05, 0) is 42.5 Å². The molecule has 2 bridgehead atoms. The van der Waals surface area contributed by atoms with E-state index in [-0.39, 0.29) is 52.5 Å². The first-order chi connectivity index (χ1) is 15.0. The van der Waals surface area contributed by atoms with Gasteiger partial charge in [0.25, 0.3) is 0 Å². The average molecular weight is 480 g/mol. The number of fused-ring (bicyclic) bond motifs is 5. The number of hydrogen-bond donors (Lipinski definition) is 0. The maximum absolute atomic E-state index is 13.1. The van der Waals surface area contributed by atoms with Gasteiger partial charge in [0.1, 0.15) is 0 Å². The number of halogens is 1. The zero-order valence-corrected chi connectivity index (χ0v) is 17.9. The summed E-state index contributed by atoms with van der Waals surface area (Å²) in [7, 11) is 0. The Kier molecular flexibility index (Phi) is 4.85. The van der Waals surface area contributed by atoms with Gasteiger partial charge in [-0.1, -0.05) is 52.3 Å². The van der Waals surface area contributed by atoms with Crippen molar-refractivity contribution in [2.75, 3.05) is 11.5 Å². The van der Waals surface area contributed by atoms with Crippen molar-refractivity contribution in [2.45, 2.75) is 6.42 Å². The van der Waals surface area contributed by atoms with Gasteiger partial charge < -0.3 is 4.74 Å². The number of carbonyl (C=O) groups excluding carboxylic acids is 4. The van der Waals surface area contributed by atoms with Gasteiger partial charge in [0, 0.05) is 10.0 Å². The molecule has 31 heavy (non-hydrogen) atoms. The van der Waals surface area contributed by atoms with E-state index in [1.54, 1.807) is 42.5 Å². The predicted octanol–water partition coefficient (Wildman–Crippen LogP) is 3.80. The fourth-order valence-corrected chi connectivity index (χ4v) is 5.17. The maximum Gasteiger partial charge on any atom is 0.340 e. The monoisotopic (exact) mass is 479 g/mol. The van der Waals surface area contributed by atoms with Gasteiger partial charge in [-0.2, -0.15) is 0 Å². The molecule has 0 unspecified atom stereocenters. The van der Waals surface area contributed by atoms with Crippen LogP contribution in [0.25, 0.3) is 0 Å². The van der Waals surface area contributed by atoms with Gasteiger partial charge in [-0.25, -0.2) is 9.69 Å². The quantitative estimate of drug-likeness (QED) is 0.282. The number of Topliss-reactive ketones (excluding diaryl/α,β-unsaturated/α-hetero) is 1. The van der Waals surface area contributed by atoms with E-state index < -0.39 is 12.6 Å². The number of rotatable bonds is 5. The number of allylic oxidation sites excluding steroid dienone is 2. The van der Waals surface area contributed by atoms with E-state index in [0.29, 0.717) is 5.56 Å². The lowest BCUT2D eigenvalue weighted by atomic mass is 9.85. The number of anilines is 1. The molecule has 7 heteroatoms. The molecule has 4 atom stereocenters. The SMILES string of the molecule is O=C(COC(=O)c1ccccc1N1C(=O)[C@@H]2[C@H](C1=O)[C@H]1C=C[C@H]2C1)c1ccc(Br)cc1. The van der Waals surface area contributed by atoms with E-state index in [2.05, 4.69) is 15.9 Å². The Balaban J connectivity index is 1.35. The highest BCUT2D eigenvalue weighted by molar-refractivity contribution is 9.10. The summed E-state index contributed by atoms with van der Waals surface area (Å²) in [6.45, 7) is -0.435. The van der Waals surface area contributed by atoms with E-state index in [0.717, 1.165) is 15.8 Å². The van der Waals surface area contributed by atoms with Gasteiger partial charge in [0.2, 0.25) is 11.8 Å².